The van der Waals surface area contributed by atoms with Gasteiger partial charge in [0, 0.05) is 24.8 Å². The minimum Gasteiger partial charge on any atom is -0.349 e. The second kappa shape index (κ2) is 7.48. The predicted molar refractivity (Wildman–Crippen MR) is 105 cm³/mol. The molecule has 3 aromatic rings. The van der Waals surface area contributed by atoms with Crippen LogP contribution in [-0.2, 0) is 18.4 Å². The van der Waals surface area contributed by atoms with Gasteiger partial charge in [0.2, 0.25) is 5.91 Å². The number of fused-ring (bicyclic) bond motifs is 1. The third kappa shape index (κ3) is 3.57. The molecular weight excluding hydrogens is 338 g/mol. The molecule has 1 aliphatic heterocycles. The number of aryl methyl sites for hydroxylation is 2. The summed E-state index contributed by atoms with van der Waals surface area (Å²) in [5.74, 6) is 0.0105. The van der Waals surface area contributed by atoms with Crippen LogP contribution in [-0.4, -0.2) is 38.7 Å². The maximum Gasteiger partial charge on any atom is 0.242 e. The smallest absolute Gasteiger partial charge is 0.242 e. The molecule has 1 fully saturated rings. The number of benzene rings is 1. The molecule has 1 atom stereocenters. The van der Waals surface area contributed by atoms with Crippen LogP contribution in [0.25, 0.3) is 10.9 Å². The summed E-state index contributed by atoms with van der Waals surface area (Å²) in [6.45, 7) is 4.38. The Kier molecular flexibility index (Phi) is 4.90. The molecule has 4 rings (SSSR count). The number of hydrogen-bond acceptors (Lipinski definition) is 4. The molecule has 0 bridgehead atoms. The number of nitrogens with one attached hydrogen (secondary N) is 1. The van der Waals surface area contributed by atoms with E-state index in [4.69, 9.17) is 0 Å². The van der Waals surface area contributed by atoms with E-state index in [0.717, 1.165) is 48.1 Å². The zero-order valence-corrected chi connectivity index (χ0v) is 15.9. The van der Waals surface area contributed by atoms with Crippen molar-refractivity contribution in [3.05, 3.63) is 59.5 Å². The highest BCUT2D eigenvalue weighted by Gasteiger charge is 2.29. The fraction of sp³-hybridized carbons (Fsp3) is 0.381. The average Bonchev–Trinajstić information content (AvgIpc) is 3.30. The zero-order chi connectivity index (χ0) is 18.8. The summed E-state index contributed by atoms with van der Waals surface area (Å²) in [4.78, 5) is 19.6. The van der Waals surface area contributed by atoms with Gasteiger partial charge in [-0.1, -0.05) is 17.7 Å². The van der Waals surface area contributed by atoms with Gasteiger partial charge in [-0.25, -0.2) is 0 Å². The highest BCUT2D eigenvalue weighted by atomic mass is 16.2. The first-order valence-corrected chi connectivity index (χ1v) is 9.47. The van der Waals surface area contributed by atoms with E-state index in [1.807, 2.05) is 23.9 Å². The maximum absolute atomic E-state index is 13.1. The predicted octanol–water partition coefficient (Wildman–Crippen LogP) is 2.73. The molecular formula is C21H25N5O. The van der Waals surface area contributed by atoms with Crippen LogP contribution < -0.4 is 5.32 Å². The van der Waals surface area contributed by atoms with E-state index in [9.17, 15) is 4.79 Å². The fourth-order valence-corrected chi connectivity index (χ4v) is 3.92. The monoisotopic (exact) mass is 363 g/mol. The quantitative estimate of drug-likeness (QED) is 0.757. The lowest BCUT2D eigenvalue weighted by Gasteiger charge is -2.26. The molecule has 0 saturated carbocycles. The van der Waals surface area contributed by atoms with Gasteiger partial charge >= 0.3 is 0 Å². The Morgan fingerprint density at radius 3 is 2.81 bits per heavy atom. The fourth-order valence-electron chi connectivity index (χ4n) is 3.92. The van der Waals surface area contributed by atoms with Crippen LogP contribution in [0, 0.1) is 6.92 Å². The standard InChI is InChI=1S/C21H25N5O/c1-15-7-8-19-17(12-15)18(24-25(19)2)14-23-21(27)20(26-10-3-4-11-26)16-6-5-9-22-13-16/h5-9,12-13,20H,3-4,10-11,14H2,1-2H3,(H,23,27)/t20-/m0/s1. The Labute approximate surface area is 159 Å². The highest BCUT2D eigenvalue weighted by molar-refractivity contribution is 5.85. The van der Waals surface area contributed by atoms with Crippen molar-refractivity contribution in [2.24, 2.45) is 7.05 Å². The minimum atomic E-state index is -0.294. The zero-order valence-electron chi connectivity index (χ0n) is 15.9. The van der Waals surface area contributed by atoms with Gasteiger partial charge in [-0.3, -0.25) is 19.4 Å². The van der Waals surface area contributed by atoms with E-state index in [2.05, 4.69) is 45.4 Å². The number of amides is 1. The second-order valence-electron chi connectivity index (χ2n) is 7.24. The number of likely N-dealkylation sites (tertiary alicyclic amines) is 1. The molecule has 2 aromatic heterocycles. The first kappa shape index (κ1) is 17.7. The summed E-state index contributed by atoms with van der Waals surface area (Å²) in [7, 11) is 1.94. The van der Waals surface area contributed by atoms with Gasteiger partial charge in [0.15, 0.2) is 0 Å². The van der Waals surface area contributed by atoms with Gasteiger partial charge < -0.3 is 5.32 Å². The Balaban J connectivity index is 1.56. The minimum absolute atomic E-state index is 0.0105. The molecule has 3 heterocycles. The molecule has 6 nitrogen and oxygen atoms in total. The van der Waals surface area contributed by atoms with Crippen LogP contribution in [0.1, 0.15) is 35.7 Å². The number of aromatic nitrogens is 3. The first-order chi connectivity index (χ1) is 13.1. The molecule has 1 aliphatic rings. The van der Waals surface area contributed by atoms with Crippen LogP contribution in [0.3, 0.4) is 0 Å². The van der Waals surface area contributed by atoms with Crippen molar-refractivity contribution in [1.29, 1.82) is 0 Å². The summed E-state index contributed by atoms with van der Waals surface area (Å²) < 4.78 is 1.87. The van der Waals surface area contributed by atoms with Gasteiger partial charge in [0.1, 0.15) is 6.04 Å². The molecule has 1 saturated heterocycles. The van der Waals surface area contributed by atoms with E-state index in [0.29, 0.717) is 6.54 Å². The van der Waals surface area contributed by atoms with Gasteiger partial charge in [-0.2, -0.15) is 5.10 Å². The maximum atomic E-state index is 13.1. The molecule has 140 valence electrons. The van der Waals surface area contributed by atoms with Gasteiger partial charge in [-0.05, 0) is 56.6 Å². The van der Waals surface area contributed by atoms with Crippen molar-refractivity contribution in [3.63, 3.8) is 0 Å². The van der Waals surface area contributed by atoms with Crippen LogP contribution in [0.5, 0.6) is 0 Å². The van der Waals surface area contributed by atoms with Crippen LogP contribution in [0.4, 0.5) is 0 Å². The normalized spacial score (nSPS) is 15.9. The van der Waals surface area contributed by atoms with Gasteiger partial charge in [-0.15, -0.1) is 0 Å². The summed E-state index contributed by atoms with van der Waals surface area (Å²) in [5.41, 5.74) is 4.11. The number of nitrogens with zero attached hydrogens (tertiary/aromatic N) is 4. The molecule has 27 heavy (non-hydrogen) atoms. The molecule has 1 amide bonds. The van der Waals surface area contributed by atoms with Crippen molar-refractivity contribution in [3.8, 4) is 0 Å². The number of carbonyl (C=O) groups excluding carboxylic acids is 1. The summed E-state index contributed by atoms with van der Waals surface area (Å²) in [6.07, 6.45) is 5.80. The van der Waals surface area contributed by atoms with Crippen LogP contribution in [0.2, 0.25) is 0 Å². The van der Waals surface area contributed by atoms with Crippen molar-refractivity contribution < 1.29 is 4.79 Å². The Morgan fingerprint density at radius 2 is 2.07 bits per heavy atom. The number of pyridine rings is 1. The Bertz CT molecular complexity index is 944. The van der Waals surface area contributed by atoms with Gasteiger partial charge in [0.05, 0.1) is 17.8 Å². The third-order valence-electron chi connectivity index (χ3n) is 5.27. The lowest BCUT2D eigenvalue weighted by atomic mass is 10.1. The van der Waals surface area contributed by atoms with Crippen LogP contribution in [0.15, 0.2) is 42.7 Å². The van der Waals surface area contributed by atoms with Crippen LogP contribution >= 0.6 is 0 Å². The van der Waals surface area contributed by atoms with Crippen molar-refractivity contribution in [2.45, 2.75) is 32.4 Å². The van der Waals surface area contributed by atoms with Crippen molar-refractivity contribution in [1.82, 2.24) is 25.0 Å². The molecule has 6 heteroatoms. The lowest BCUT2D eigenvalue weighted by Crippen LogP contribution is -2.39. The molecule has 0 unspecified atom stereocenters. The lowest BCUT2D eigenvalue weighted by molar-refractivity contribution is -0.126. The van der Waals surface area contributed by atoms with E-state index < -0.39 is 0 Å². The first-order valence-electron chi connectivity index (χ1n) is 9.47. The number of hydrogen-bond donors (Lipinski definition) is 1. The summed E-state index contributed by atoms with van der Waals surface area (Å²) in [6, 6.07) is 9.86. The Morgan fingerprint density at radius 1 is 1.26 bits per heavy atom. The van der Waals surface area contributed by atoms with E-state index in [1.54, 1.807) is 12.4 Å². The molecule has 0 radical (unpaired) electrons. The third-order valence-corrected chi connectivity index (χ3v) is 5.27. The summed E-state index contributed by atoms with van der Waals surface area (Å²) >= 11 is 0. The van der Waals surface area contributed by atoms with E-state index in [1.165, 1.54) is 5.56 Å². The van der Waals surface area contributed by atoms with Gasteiger partial charge in [0.25, 0.3) is 0 Å². The largest absolute Gasteiger partial charge is 0.349 e. The topological polar surface area (TPSA) is 63.1 Å². The SMILES string of the molecule is Cc1ccc2c(c1)c(CNC(=O)[C@H](c1cccnc1)N1CCCC1)nn2C. The summed E-state index contributed by atoms with van der Waals surface area (Å²) in [5, 5.41) is 8.82. The molecule has 1 N–H and O–H groups in total. The molecule has 0 aliphatic carbocycles. The average molecular weight is 363 g/mol. The van der Waals surface area contributed by atoms with E-state index in [-0.39, 0.29) is 11.9 Å². The number of rotatable bonds is 5. The van der Waals surface area contributed by atoms with Crippen molar-refractivity contribution >= 4 is 16.8 Å². The highest BCUT2D eigenvalue weighted by Crippen LogP contribution is 2.25. The second-order valence-corrected chi connectivity index (χ2v) is 7.24. The van der Waals surface area contributed by atoms with Crippen molar-refractivity contribution in [2.75, 3.05) is 13.1 Å². The number of carbonyl (C=O) groups is 1. The molecule has 1 aromatic carbocycles. The molecule has 0 spiro atoms. The Hall–Kier alpha value is -2.73. The van der Waals surface area contributed by atoms with E-state index >= 15 is 0 Å².